The van der Waals surface area contributed by atoms with Gasteiger partial charge in [-0.3, -0.25) is 9.59 Å². The number of carboxylic acids is 1. The smallest absolute Gasteiger partial charge is 0.306 e. The molecule has 0 unspecified atom stereocenters. The summed E-state index contributed by atoms with van der Waals surface area (Å²) in [5.74, 6) is -1.11. The Morgan fingerprint density at radius 3 is 2.72 bits per heavy atom. The van der Waals surface area contributed by atoms with Crippen LogP contribution in [0.2, 0.25) is 0 Å². The van der Waals surface area contributed by atoms with Gasteiger partial charge in [0.1, 0.15) is 0 Å². The summed E-state index contributed by atoms with van der Waals surface area (Å²) in [6.07, 6.45) is 5.23. The van der Waals surface area contributed by atoms with Crippen molar-refractivity contribution in [2.45, 2.75) is 33.6 Å². The molecule has 0 aliphatic heterocycles. The molecule has 18 heavy (non-hydrogen) atoms. The van der Waals surface area contributed by atoms with Gasteiger partial charge >= 0.3 is 5.97 Å². The fraction of sp³-hybridized carbons (Fsp3) is 0.467. The molecule has 1 N–H and O–H groups in total. The highest BCUT2D eigenvalue weighted by Gasteiger charge is 2.30. The van der Waals surface area contributed by atoms with Crippen LogP contribution in [-0.4, -0.2) is 16.9 Å². The van der Waals surface area contributed by atoms with Gasteiger partial charge in [-0.1, -0.05) is 18.6 Å². The van der Waals surface area contributed by atoms with E-state index in [1.54, 1.807) is 13.0 Å². The van der Waals surface area contributed by atoms with E-state index in [4.69, 9.17) is 5.11 Å². The van der Waals surface area contributed by atoms with Crippen molar-refractivity contribution in [2.24, 2.45) is 11.8 Å². The Kier molecular flexibility index (Phi) is 3.24. The lowest BCUT2D eigenvalue weighted by Gasteiger charge is -2.16. The molecule has 2 atom stereocenters. The van der Waals surface area contributed by atoms with E-state index in [9.17, 15) is 9.59 Å². The third-order valence-corrected chi connectivity index (χ3v) is 3.98. The third-order valence-electron chi connectivity index (χ3n) is 3.98. The first-order chi connectivity index (χ1) is 8.41. The summed E-state index contributed by atoms with van der Waals surface area (Å²) in [5, 5.41) is 9.13. The van der Waals surface area contributed by atoms with Gasteiger partial charge in [0.15, 0.2) is 5.78 Å². The average molecular weight is 246 g/mol. The molecular weight excluding hydrogens is 228 g/mol. The number of allylic oxidation sites excluding steroid dienone is 6. The first kappa shape index (κ1) is 12.8. The van der Waals surface area contributed by atoms with E-state index in [2.05, 4.69) is 0 Å². The van der Waals surface area contributed by atoms with Crippen molar-refractivity contribution >= 4 is 11.8 Å². The molecule has 0 aromatic rings. The van der Waals surface area contributed by atoms with Crippen molar-refractivity contribution in [1.29, 1.82) is 0 Å². The molecule has 0 radical (unpaired) electrons. The second-order valence-corrected chi connectivity index (χ2v) is 5.26. The molecule has 0 bridgehead atoms. The number of carbonyl (C=O) groups is 2. The van der Waals surface area contributed by atoms with Gasteiger partial charge < -0.3 is 5.11 Å². The van der Waals surface area contributed by atoms with E-state index in [1.165, 1.54) is 0 Å². The Balaban J connectivity index is 2.42. The highest BCUT2D eigenvalue weighted by atomic mass is 16.4. The molecule has 2 rings (SSSR count). The molecule has 3 heteroatoms. The van der Waals surface area contributed by atoms with Gasteiger partial charge in [-0.05, 0) is 49.8 Å². The maximum atomic E-state index is 11.9. The van der Waals surface area contributed by atoms with Crippen molar-refractivity contribution < 1.29 is 14.7 Å². The molecule has 96 valence electrons. The monoisotopic (exact) mass is 246 g/mol. The number of ketones is 1. The van der Waals surface area contributed by atoms with Gasteiger partial charge in [-0.15, -0.1) is 0 Å². The first-order valence-corrected chi connectivity index (χ1v) is 6.29. The van der Waals surface area contributed by atoms with Gasteiger partial charge in [0, 0.05) is 5.57 Å². The molecule has 0 saturated heterocycles. The average Bonchev–Trinajstić information content (AvgIpc) is 2.48. The van der Waals surface area contributed by atoms with Crippen molar-refractivity contribution in [2.75, 3.05) is 0 Å². The SMILES string of the molecule is CC1=CC(=O)C2=C(C)CC[C@@H]([C@H](C)C(=O)O)C=C12. The normalized spacial score (nSPS) is 25.3. The number of rotatable bonds is 2. The molecule has 3 nitrogen and oxygen atoms in total. The van der Waals surface area contributed by atoms with Gasteiger partial charge in [0.2, 0.25) is 0 Å². The second kappa shape index (κ2) is 4.56. The summed E-state index contributed by atoms with van der Waals surface area (Å²) < 4.78 is 0. The largest absolute Gasteiger partial charge is 0.481 e. The van der Waals surface area contributed by atoms with E-state index >= 15 is 0 Å². The highest BCUT2D eigenvalue weighted by molar-refractivity contribution is 6.13. The lowest BCUT2D eigenvalue weighted by molar-refractivity contribution is -0.142. The predicted molar refractivity (Wildman–Crippen MR) is 69.1 cm³/mol. The van der Waals surface area contributed by atoms with E-state index < -0.39 is 11.9 Å². The Hall–Kier alpha value is -1.64. The van der Waals surface area contributed by atoms with Crippen LogP contribution >= 0.6 is 0 Å². The molecule has 0 aromatic carbocycles. The number of hydrogen-bond donors (Lipinski definition) is 1. The van der Waals surface area contributed by atoms with Crippen LogP contribution in [0.25, 0.3) is 0 Å². The number of carboxylic acid groups (broad SMARTS) is 1. The van der Waals surface area contributed by atoms with E-state index in [1.807, 2.05) is 19.9 Å². The lowest BCUT2D eigenvalue weighted by Crippen LogP contribution is -2.19. The fourth-order valence-electron chi connectivity index (χ4n) is 2.71. The summed E-state index contributed by atoms with van der Waals surface area (Å²) in [5.41, 5.74) is 3.79. The zero-order chi connectivity index (χ0) is 13.4. The number of hydrogen-bond acceptors (Lipinski definition) is 2. The quantitative estimate of drug-likeness (QED) is 0.815. The summed E-state index contributed by atoms with van der Waals surface area (Å²) in [6, 6.07) is 0. The maximum Gasteiger partial charge on any atom is 0.306 e. The zero-order valence-corrected chi connectivity index (χ0v) is 11.0. The van der Waals surface area contributed by atoms with Crippen LogP contribution < -0.4 is 0 Å². The third kappa shape index (κ3) is 2.05. The van der Waals surface area contributed by atoms with Crippen LogP contribution in [0.3, 0.4) is 0 Å². The minimum atomic E-state index is -0.774. The Bertz CT molecular complexity index is 506. The first-order valence-electron chi connectivity index (χ1n) is 6.29. The van der Waals surface area contributed by atoms with E-state index in [-0.39, 0.29) is 11.7 Å². The van der Waals surface area contributed by atoms with Crippen LogP contribution in [0.4, 0.5) is 0 Å². The summed E-state index contributed by atoms with van der Waals surface area (Å²) in [7, 11) is 0. The lowest BCUT2D eigenvalue weighted by atomic mass is 9.88. The van der Waals surface area contributed by atoms with Gasteiger partial charge in [0.05, 0.1) is 5.92 Å². The van der Waals surface area contributed by atoms with E-state index in [0.717, 1.165) is 35.1 Å². The summed E-state index contributed by atoms with van der Waals surface area (Å²) in [4.78, 5) is 23.0. The van der Waals surface area contributed by atoms with E-state index in [0.29, 0.717) is 0 Å². The summed E-state index contributed by atoms with van der Waals surface area (Å²) in [6.45, 7) is 5.62. The maximum absolute atomic E-state index is 11.9. The predicted octanol–water partition coefficient (Wildman–Crippen LogP) is 2.89. The fourth-order valence-corrected chi connectivity index (χ4v) is 2.71. The molecule has 2 aliphatic carbocycles. The number of aliphatic carboxylic acids is 1. The molecule has 0 amide bonds. The highest BCUT2D eigenvalue weighted by Crippen LogP contribution is 2.38. The van der Waals surface area contributed by atoms with Crippen molar-refractivity contribution in [3.63, 3.8) is 0 Å². The minimum Gasteiger partial charge on any atom is -0.481 e. The molecule has 0 aromatic heterocycles. The number of carbonyl (C=O) groups excluding carboxylic acids is 1. The van der Waals surface area contributed by atoms with Crippen molar-refractivity contribution in [3.05, 3.63) is 34.4 Å². The Morgan fingerprint density at radius 2 is 2.11 bits per heavy atom. The zero-order valence-electron chi connectivity index (χ0n) is 11.0. The molecule has 0 fully saturated rings. The van der Waals surface area contributed by atoms with Crippen LogP contribution in [0.15, 0.2) is 34.4 Å². The standard InChI is InChI=1S/C15H18O3/c1-8-4-5-11(10(3)15(17)18)7-12-9(2)6-13(16)14(8)12/h6-7,10-11H,4-5H2,1-3H3,(H,17,18)/t10-,11+/m0/s1. The molecular formula is C15H18O3. The minimum absolute atomic E-state index is 0.000741. The number of fused-ring (bicyclic) bond motifs is 1. The molecule has 0 saturated carbocycles. The van der Waals surface area contributed by atoms with Crippen LogP contribution in [0.5, 0.6) is 0 Å². The Morgan fingerprint density at radius 1 is 1.44 bits per heavy atom. The molecule has 0 spiro atoms. The summed E-state index contributed by atoms with van der Waals surface area (Å²) >= 11 is 0. The second-order valence-electron chi connectivity index (χ2n) is 5.26. The Labute approximate surface area is 107 Å². The van der Waals surface area contributed by atoms with Crippen molar-refractivity contribution in [3.8, 4) is 0 Å². The van der Waals surface area contributed by atoms with Gasteiger partial charge in [0.25, 0.3) is 0 Å². The molecule has 0 heterocycles. The van der Waals surface area contributed by atoms with Crippen LogP contribution in [0, 0.1) is 11.8 Å². The topological polar surface area (TPSA) is 54.4 Å². The van der Waals surface area contributed by atoms with Gasteiger partial charge in [-0.2, -0.15) is 0 Å². The van der Waals surface area contributed by atoms with Crippen LogP contribution in [0.1, 0.15) is 33.6 Å². The molecule has 2 aliphatic rings. The van der Waals surface area contributed by atoms with Crippen molar-refractivity contribution in [1.82, 2.24) is 0 Å². The van der Waals surface area contributed by atoms with Gasteiger partial charge in [-0.25, -0.2) is 0 Å². The van der Waals surface area contributed by atoms with Crippen LogP contribution in [-0.2, 0) is 9.59 Å².